The van der Waals surface area contributed by atoms with Crippen LogP contribution in [-0.4, -0.2) is 33.2 Å². The quantitative estimate of drug-likeness (QED) is 0.315. The van der Waals surface area contributed by atoms with E-state index in [1.807, 2.05) is 0 Å². The molecule has 1 aromatic carbocycles. The minimum Gasteiger partial charge on any atom is -0.375 e. The number of halogens is 2. The Labute approximate surface area is 143 Å². The van der Waals surface area contributed by atoms with Gasteiger partial charge in [-0.25, -0.2) is 4.39 Å². The van der Waals surface area contributed by atoms with Crippen molar-refractivity contribution in [3.05, 3.63) is 35.6 Å². The van der Waals surface area contributed by atoms with Gasteiger partial charge in [-0.1, -0.05) is 25.5 Å². The molecule has 2 N–H and O–H groups in total. The molecular formula is C15H25FIN3O. The average Bonchev–Trinajstić information content (AvgIpc) is 2.47. The van der Waals surface area contributed by atoms with Gasteiger partial charge in [0.05, 0.1) is 6.10 Å². The summed E-state index contributed by atoms with van der Waals surface area (Å²) in [5, 5.41) is 6.45. The smallest absolute Gasteiger partial charge is 0.191 e. The maximum atomic E-state index is 12.9. The van der Waals surface area contributed by atoms with Gasteiger partial charge in [0.25, 0.3) is 0 Å². The van der Waals surface area contributed by atoms with E-state index >= 15 is 0 Å². The molecule has 1 unspecified atom stereocenters. The third-order valence-electron chi connectivity index (χ3n) is 3.03. The van der Waals surface area contributed by atoms with Crippen LogP contribution in [0.3, 0.4) is 0 Å². The summed E-state index contributed by atoms with van der Waals surface area (Å²) >= 11 is 0. The van der Waals surface area contributed by atoms with Gasteiger partial charge in [-0.3, -0.25) is 4.99 Å². The molecule has 0 heterocycles. The van der Waals surface area contributed by atoms with Crippen molar-refractivity contribution >= 4 is 29.9 Å². The first-order chi connectivity index (χ1) is 9.71. The molecule has 0 aliphatic rings. The lowest BCUT2D eigenvalue weighted by molar-refractivity contribution is 0.106. The van der Waals surface area contributed by atoms with Crippen LogP contribution in [0.4, 0.5) is 4.39 Å². The molecular weight excluding hydrogens is 384 g/mol. The number of hydrogen-bond acceptors (Lipinski definition) is 2. The molecule has 1 aromatic rings. The molecule has 4 nitrogen and oxygen atoms in total. The second kappa shape index (κ2) is 11.7. The van der Waals surface area contributed by atoms with E-state index in [9.17, 15) is 4.39 Å². The molecule has 0 saturated carbocycles. The van der Waals surface area contributed by atoms with Gasteiger partial charge < -0.3 is 15.4 Å². The predicted molar refractivity (Wildman–Crippen MR) is 95.8 cm³/mol. The molecule has 1 rings (SSSR count). The van der Waals surface area contributed by atoms with E-state index in [0.29, 0.717) is 6.54 Å². The molecule has 6 heteroatoms. The first kappa shape index (κ1) is 20.1. The van der Waals surface area contributed by atoms with Gasteiger partial charge in [0, 0.05) is 27.2 Å². The van der Waals surface area contributed by atoms with Gasteiger partial charge in [-0.2, -0.15) is 0 Å². The number of hydrogen-bond donors (Lipinski definition) is 2. The van der Waals surface area contributed by atoms with E-state index in [4.69, 9.17) is 4.74 Å². The number of ether oxygens (including phenoxy) is 1. The third-order valence-corrected chi connectivity index (χ3v) is 3.03. The number of methoxy groups -OCH3 is 1. The highest BCUT2D eigenvalue weighted by atomic mass is 127. The summed E-state index contributed by atoms with van der Waals surface area (Å²) in [6.45, 7) is 3.62. The second-order valence-corrected chi connectivity index (χ2v) is 4.51. The summed E-state index contributed by atoms with van der Waals surface area (Å²) in [7, 11) is 3.38. The summed E-state index contributed by atoms with van der Waals surface area (Å²) in [5.74, 6) is 0.510. The topological polar surface area (TPSA) is 45.7 Å². The van der Waals surface area contributed by atoms with Gasteiger partial charge in [0.2, 0.25) is 0 Å². The number of rotatable bonds is 7. The summed E-state index contributed by atoms with van der Waals surface area (Å²) in [4.78, 5) is 4.15. The van der Waals surface area contributed by atoms with Crippen molar-refractivity contribution in [1.82, 2.24) is 10.6 Å². The Bertz CT molecular complexity index is 412. The molecule has 0 aliphatic heterocycles. The maximum absolute atomic E-state index is 12.9. The molecule has 0 radical (unpaired) electrons. The summed E-state index contributed by atoms with van der Waals surface area (Å²) < 4.78 is 18.3. The fraction of sp³-hybridized carbons (Fsp3) is 0.533. The van der Waals surface area contributed by atoms with E-state index in [-0.39, 0.29) is 35.9 Å². The Morgan fingerprint density at radius 1 is 1.29 bits per heavy atom. The highest BCUT2D eigenvalue weighted by molar-refractivity contribution is 14.0. The standard InChI is InChI=1S/C15H24FN3O.HI/c1-4-5-10-18-15(17-2)19-11-14(20-3)12-6-8-13(16)9-7-12;/h6-9,14H,4-5,10-11H2,1-3H3,(H2,17,18,19);1H. The first-order valence-electron chi connectivity index (χ1n) is 6.94. The highest BCUT2D eigenvalue weighted by Crippen LogP contribution is 2.15. The minimum atomic E-state index is -0.242. The zero-order valence-corrected chi connectivity index (χ0v) is 15.2. The van der Waals surface area contributed by atoms with Gasteiger partial charge in [0.1, 0.15) is 5.82 Å². The van der Waals surface area contributed by atoms with Crippen LogP contribution in [0.5, 0.6) is 0 Å². The van der Waals surface area contributed by atoms with Crippen molar-refractivity contribution in [2.24, 2.45) is 4.99 Å². The van der Waals surface area contributed by atoms with Gasteiger partial charge in [0.15, 0.2) is 5.96 Å². The number of nitrogens with one attached hydrogen (secondary N) is 2. The van der Waals surface area contributed by atoms with Crippen molar-refractivity contribution in [2.75, 3.05) is 27.2 Å². The lowest BCUT2D eigenvalue weighted by atomic mass is 10.1. The molecule has 0 aromatic heterocycles. The van der Waals surface area contributed by atoms with Crippen molar-refractivity contribution in [2.45, 2.75) is 25.9 Å². The molecule has 120 valence electrons. The summed E-state index contributed by atoms with van der Waals surface area (Å²) in [6, 6.07) is 6.35. The predicted octanol–water partition coefficient (Wildman–Crippen LogP) is 3.10. The second-order valence-electron chi connectivity index (χ2n) is 4.51. The Kier molecular flexibility index (Phi) is 11.2. The summed E-state index contributed by atoms with van der Waals surface area (Å²) in [6.07, 6.45) is 2.10. The average molecular weight is 409 g/mol. The molecule has 1 atom stereocenters. The molecule has 0 saturated heterocycles. The molecule has 0 bridgehead atoms. The monoisotopic (exact) mass is 409 g/mol. The zero-order valence-electron chi connectivity index (χ0n) is 12.9. The Balaban J connectivity index is 0.00000400. The Hall–Kier alpha value is -0.890. The van der Waals surface area contributed by atoms with E-state index in [0.717, 1.165) is 30.9 Å². The van der Waals surface area contributed by atoms with E-state index in [2.05, 4.69) is 22.5 Å². The number of guanidine groups is 1. The van der Waals surface area contributed by atoms with Crippen LogP contribution < -0.4 is 10.6 Å². The number of benzene rings is 1. The van der Waals surface area contributed by atoms with Crippen molar-refractivity contribution in [3.8, 4) is 0 Å². The van der Waals surface area contributed by atoms with E-state index in [1.54, 1.807) is 26.3 Å². The van der Waals surface area contributed by atoms with Crippen molar-refractivity contribution in [1.29, 1.82) is 0 Å². The van der Waals surface area contributed by atoms with Crippen LogP contribution in [0.15, 0.2) is 29.3 Å². The van der Waals surface area contributed by atoms with Crippen LogP contribution in [0.1, 0.15) is 31.4 Å². The number of aliphatic imine (C=N–C) groups is 1. The maximum Gasteiger partial charge on any atom is 0.191 e. The van der Waals surface area contributed by atoms with Crippen LogP contribution in [-0.2, 0) is 4.74 Å². The van der Waals surface area contributed by atoms with Gasteiger partial charge >= 0.3 is 0 Å². The lowest BCUT2D eigenvalue weighted by Crippen LogP contribution is -2.40. The Morgan fingerprint density at radius 2 is 1.95 bits per heavy atom. The Morgan fingerprint density at radius 3 is 2.48 bits per heavy atom. The SMILES string of the molecule is CCCCNC(=NC)NCC(OC)c1ccc(F)cc1.I. The number of nitrogens with zero attached hydrogens (tertiary/aromatic N) is 1. The lowest BCUT2D eigenvalue weighted by Gasteiger charge is -2.18. The van der Waals surface area contributed by atoms with E-state index < -0.39 is 0 Å². The zero-order chi connectivity index (χ0) is 14.8. The number of unbranched alkanes of at least 4 members (excludes halogenated alkanes) is 1. The third kappa shape index (κ3) is 7.61. The van der Waals surface area contributed by atoms with Gasteiger partial charge in [-0.05, 0) is 24.1 Å². The van der Waals surface area contributed by atoms with Crippen LogP contribution in [0.2, 0.25) is 0 Å². The normalized spacial score (nSPS) is 12.5. The fourth-order valence-corrected chi connectivity index (χ4v) is 1.81. The molecule has 0 aliphatic carbocycles. The molecule has 21 heavy (non-hydrogen) atoms. The highest BCUT2D eigenvalue weighted by Gasteiger charge is 2.11. The molecule has 0 spiro atoms. The van der Waals surface area contributed by atoms with Crippen molar-refractivity contribution < 1.29 is 9.13 Å². The van der Waals surface area contributed by atoms with E-state index in [1.165, 1.54) is 12.1 Å². The largest absolute Gasteiger partial charge is 0.375 e. The molecule has 0 amide bonds. The fourth-order valence-electron chi connectivity index (χ4n) is 1.81. The van der Waals surface area contributed by atoms with Gasteiger partial charge in [-0.15, -0.1) is 24.0 Å². The van der Waals surface area contributed by atoms with Crippen LogP contribution in [0.25, 0.3) is 0 Å². The van der Waals surface area contributed by atoms with Crippen molar-refractivity contribution in [3.63, 3.8) is 0 Å². The van der Waals surface area contributed by atoms with Crippen LogP contribution in [0, 0.1) is 5.82 Å². The summed E-state index contributed by atoms with van der Waals surface area (Å²) in [5.41, 5.74) is 0.936. The first-order valence-corrected chi connectivity index (χ1v) is 6.94. The minimum absolute atomic E-state index is 0. The van der Waals surface area contributed by atoms with Crippen LogP contribution >= 0.6 is 24.0 Å². The molecule has 0 fully saturated rings.